The Morgan fingerprint density at radius 2 is 1.94 bits per heavy atom. The molecule has 8 nitrogen and oxygen atoms in total. The van der Waals surface area contributed by atoms with E-state index >= 15 is 0 Å². The van der Waals surface area contributed by atoms with Crippen LogP contribution in [0.5, 0.6) is 0 Å². The van der Waals surface area contributed by atoms with E-state index in [-0.39, 0.29) is 37.9 Å². The number of amides is 3. The van der Waals surface area contributed by atoms with Crippen molar-refractivity contribution in [3.05, 3.63) is 23.8 Å². The summed E-state index contributed by atoms with van der Waals surface area (Å²) < 4.78 is 71.5. The van der Waals surface area contributed by atoms with Crippen LogP contribution in [0, 0.1) is 5.92 Å². The van der Waals surface area contributed by atoms with Gasteiger partial charge in [0, 0.05) is 30.0 Å². The maximum atomic E-state index is 13.7. The lowest BCUT2D eigenvalue weighted by molar-refractivity contribution is -0.158. The van der Waals surface area contributed by atoms with Crippen molar-refractivity contribution in [2.24, 2.45) is 11.7 Å². The first-order valence-corrected chi connectivity index (χ1v) is 10.0. The van der Waals surface area contributed by atoms with Crippen LogP contribution in [0.4, 0.5) is 33.3 Å². The van der Waals surface area contributed by atoms with Crippen molar-refractivity contribution in [3.8, 4) is 0 Å². The number of nitrogens with zero attached hydrogens (tertiary/aromatic N) is 2. The zero-order chi connectivity index (χ0) is 24.9. The molecule has 1 aliphatic rings. The van der Waals surface area contributed by atoms with E-state index in [9.17, 15) is 36.3 Å². The molecule has 1 aromatic rings. The predicted molar refractivity (Wildman–Crippen MR) is 109 cm³/mol. The maximum absolute atomic E-state index is 13.7. The Bertz CT molecular complexity index is 879. The normalized spacial score (nSPS) is 15.9. The molecule has 1 saturated heterocycles. The lowest BCUT2D eigenvalue weighted by atomic mass is 10.1. The third-order valence-electron chi connectivity index (χ3n) is 4.69. The molecule has 0 unspecified atom stereocenters. The lowest BCUT2D eigenvalue weighted by Crippen LogP contribution is -2.55. The quantitative estimate of drug-likeness (QED) is 0.417. The number of morpholine rings is 1. The molecule has 0 aromatic heterocycles. The van der Waals surface area contributed by atoms with Crippen molar-refractivity contribution >= 4 is 29.1 Å². The van der Waals surface area contributed by atoms with Gasteiger partial charge in [-0.3, -0.25) is 19.3 Å². The number of halogens is 5. The summed E-state index contributed by atoms with van der Waals surface area (Å²) in [5, 5.41) is 2.10. The predicted octanol–water partition coefficient (Wildman–Crippen LogP) is 2.30. The van der Waals surface area contributed by atoms with Gasteiger partial charge in [-0.2, -0.15) is 13.2 Å². The maximum Gasteiger partial charge on any atom is 0.401 e. The summed E-state index contributed by atoms with van der Waals surface area (Å²) in [4.78, 5) is 38.4. The topological polar surface area (TPSA) is 105 Å². The lowest BCUT2D eigenvalue weighted by Gasteiger charge is -2.31. The number of rotatable bonds is 9. The van der Waals surface area contributed by atoms with Crippen LogP contribution in [0.1, 0.15) is 25.8 Å². The third-order valence-corrected chi connectivity index (χ3v) is 4.69. The first-order valence-electron chi connectivity index (χ1n) is 10.0. The average Bonchev–Trinajstić information content (AvgIpc) is 2.66. The van der Waals surface area contributed by atoms with Crippen LogP contribution in [0.15, 0.2) is 18.2 Å². The Kier molecular flexibility index (Phi) is 8.72. The van der Waals surface area contributed by atoms with E-state index in [0.29, 0.717) is 4.90 Å². The highest BCUT2D eigenvalue weighted by Crippen LogP contribution is 2.32. The summed E-state index contributed by atoms with van der Waals surface area (Å²) in [5.41, 5.74) is 4.26. The van der Waals surface area contributed by atoms with E-state index in [1.54, 1.807) is 13.8 Å². The first-order chi connectivity index (χ1) is 15.3. The third kappa shape index (κ3) is 7.35. The van der Waals surface area contributed by atoms with E-state index in [1.807, 2.05) is 0 Å². The Morgan fingerprint density at radius 1 is 1.27 bits per heavy atom. The smallest absolute Gasteiger partial charge is 0.370 e. The van der Waals surface area contributed by atoms with E-state index in [1.165, 1.54) is 11.0 Å². The number of carbonyl (C=O) groups excluding carboxylic acids is 3. The number of hydrogen-bond donors (Lipinski definition) is 2. The van der Waals surface area contributed by atoms with Gasteiger partial charge in [-0.05, 0) is 24.1 Å². The van der Waals surface area contributed by atoms with Gasteiger partial charge in [0.05, 0.1) is 13.2 Å². The van der Waals surface area contributed by atoms with Crippen LogP contribution >= 0.6 is 0 Å². The second kappa shape index (κ2) is 10.9. The summed E-state index contributed by atoms with van der Waals surface area (Å²) >= 11 is 0. The van der Waals surface area contributed by atoms with E-state index in [0.717, 1.165) is 12.1 Å². The number of nitrogens with one attached hydrogen (secondary N) is 1. The van der Waals surface area contributed by atoms with Gasteiger partial charge < -0.3 is 20.7 Å². The van der Waals surface area contributed by atoms with Crippen LogP contribution in [-0.2, 0) is 19.1 Å². The minimum Gasteiger partial charge on any atom is -0.370 e. The van der Waals surface area contributed by atoms with Crippen LogP contribution in [0.25, 0.3) is 0 Å². The Balaban J connectivity index is 2.34. The van der Waals surface area contributed by atoms with Crippen molar-refractivity contribution in [2.75, 3.05) is 43.1 Å². The second-order valence-corrected chi connectivity index (χ2v) is 7.90. The van der Waals surface area contributed by atoms with Crippen LogP contribution in [-0.4, -0.2) is 67.7 Å². The van der Waals surface area contributed by atoms with Gasteiger partial charge in [-0.1, -0.05) is 13.8 Å². The summed E-state index contributed by atoms with van der Waals surface area (Å²) in [6, 6.07) is 1.34. The van der Waals surface area contributed by atoms with Gasteiger partial charge >= 0.3 is 6.18 Å². The first kappa shape index (κ1) is 26.5. The van der Waals surface area contributed by atoms with Crippen LogP contribution < -0.4 is 16.0 Å². The summed E-state index contributed by atoms with van der Waals surface area (Å²) in [7, 11) is 0. The molecule has 1 fully saturated rings. The fourth-order valence-corrected chi connectivity index (χ4v) is 3.44. The van der Waals surface area contributed by atoms with E-state index in [4.69, 9.17) is 10.5 Å². The molecule has 0 spiro atoms. The molecule has 1 aromatic carbocycles. The van der Waals surface area contributed by atoms with E-state index in [2.05, 4.69) is 5.32 Å². The molecule has 3 N–H and O–H groups in total. The molecule has 33 heavy (non-hydrogen) atoms. The van der Waals surface area contributed by atoms with Crippen molar-refractivity contribution in [3.63, 3.8) is 0 Å². The molecule has 1 heterocycles. The van der Waals surface area contributed by atoms with Gasteiger partial charge in [-0.15, -0.1) is 0 Å². The number of primary amides is 1. The molecule has 0 aliphatic carbocycles. The summed E-state index contributed by atoms with van der Waals surface area (Å²) in [5.74, 6) is -3.43. The van der Waals surface area contributed by atoms with Crippen molar-refractivity contribution in [1.82, 2.24) is 4.90 Å². The number of benzene rings is 1. The van der Waals surface area contributed by atoms with Gasteiger partial charge in [-0.25, -0.2) is 8.78 Å². The largest absolute Gasteiger partial charge is 0.401 e. The van der Waals surface area contributed by atoms with Crippen LogP contribution in [0.2, 0.25) is 0 Å². The highest BCUT2D eigenvalue weighted by Gasteiger charge is 2.39. The molecule has 1 aliphatic heterocycles. The highest BCUT2D eigenvalue weighted by molar-refractivity contribution is 6.10. The second-order valence-electron chi connectivity index (χ2n) is 7.90. The number of nitrogens with two attached hydrogens (primary N) is 1. The van der Waals surface area contributed by atoms with Crippen molar-refractivity contribution < 1.29 is 41.1 Å². The number of anilines is 2. The van der Waals surface area contributed by atoms with Gasteiger partial charge in [0.15, 0.2) is 6.04 Å². The fourth-order valence-electron chi connectivity index (χ4n) is 3.44. The van der Waals surface area contributed by atoms with Gasteiger partial charge in [0.25, 0.3) is 18.2 Å². The Morgan fingerprint density at radius 3 is 2.45 bits per heavy atom. The molecule has 0 saturated carbocycles. The van der Waals surface area contributed by atoms with Crippen molar-refractivity contribution in [1.29, 1.82) is 0 Å². The fraction of sp³-hybridized carbons (Fsp3) is 0.550. The van der Waals surface area contributed by atoms with Gasteiger partial charge in [0.2, 0.25) is 5.91 Å². The number of hydrogen-bond acceptors (Lipinski definition) is 5. The zero-order valence-corrected chi connectivity index (χ0v) is 18.0. The average molecular weight is 480 g/mol. The molecule has 0 bridgehead atoms. The van der Waals surface area contributed by atoms with E-state index < -0.39 is 54.2 Å². The highest BCUT2D eigenvalue weighted by atomic mass is 19.4. The number of carbonyl (C=O) groups is 3. The van der Waals surface area contributed by atoms with Gasteiger partial charge in [0.1, 0.15) is 6.61 Å². The minimum atomic E-state index is -4.73. The van der Waals surface area contributed by atoms with Crippen molar-refractivity contribution in [2.45, 2.75) is 32.5 Å². The molecule has 184 valence electrons. The Hall–Kier alpha value is -2.80. The number of alkyl halides is 5. The molecule has 3 amide bonds. The Labute approximate surface area is 186 Å². The monoisotopic (exact) mass is 480 g/mol. The summed E-state index contributed by atoms with van der Waals surface area (Å²) in [6.45, 7) is 1.41. The zero-order valence-electron chi connectivity index (χ0n) is 18.0. The number of ether oxygens (including phenoxy) is 1. The molecule has 13 heteroatoms. The van der Waals surface area contributed by atoms with Crippen LogP contribution in [0.3, 0.4) is 0 Å². The molecule has 2 rings (SSSR count). The molecular weight excluding hydrogens is 455 g/mol. The summed E-state index contributed by atoms with van der Waals surface area (Å²) in [6.07, 6.45) is -7.83. The minimum absolute atomic E-state index is 0.137. The molecular formula is C20H25F5N4O4. The molecule has 1 atom stereocenters. The molecule has 0 radical (unpaired) electrons. The SMILES string of the molecule is CC(C)CN(CC(F)(F)F)[C@@H](C(N)=O)C(=O)Nc1ccc(N2CCOCC2=O)cc1C(F)F. The standard InChI is InChI=1S/C20H25F5N4O4/c1-11(2)8-28(10-20(23,24)25)16(18(26)31)19(32)27-14-4-3-12(7-13(14)17(21)22)29-5-6-33-9-15(29)30/h3-4,7,11,16-17H,5-6,8-10H2,1-2H3,(H2,26,31)(H,27,32)/t16-/m0/s1.